The summed E-state index contributed by atoms with van der Waals surface area (Å²) in [5.41, 5.74) is 0.825. The molecule has 0 aromatic heterocycles. The van der Waals surface area contributed by atoms with Crippen molar-refractivity contribution < 1.29 is 13.2 Å². The molecule has 0 heterocycles. The zero-order valence-electron chi connectivity index (χ0n) is 8.60. The van der Waals surface area contributed by atoms with E-state index in [2.05, 4.69) is 5.32 Å². The maximum atomic E-state index is 12.5. The maximum Gasteiger partial charge on any atom is 0.403 e. The molecule has 90 valence electrons. The van der Waals surface area contributed by atoms with E-state index in [0.717, 1.165) is 5.56 Å². The lowest BCUT2D eigenvalue weighted by atomic mass is 10.2. The Balaban J connectivity index is 2.51. The van der Waals surface area contributed by atoms with Crippen LogP contribution in [0.1, 0.15) is 12.0 Å². The van der Waals surface area contributed by atoms with Gasteiger partial charge >= 0.3 is 6.18 Å². The normalized spacial score (nSPS) is 13.8. The third kappa shape index (κ3) is 4.41. The van der Waals surface area contributed by atoms with E-state index < -0.39 is 12.2 Å². The summed E-state index contributed by atoms with van der Waals surface area (Å²) < 4.78 is 37.5. The predicted octanol–water partition coefficient (Wildman–Crippen LogP) is 3.34. The SMILES string of the molecule is FC(F)(F)C(CCCl)NCc1ccccc1. The van der Waals surface area contributed by atoms with Gasteiger partial charge in [0.15, 0.2) is 0 Å². The predicted molar refractivity (Wildman–Crippen MR) is 58.5 cm³/mol. The molecule has 0 radical (unpaired) electrons. The summed E-state index contributed by atoms with van der Waals surface area (Å²) in [6, 6.07) is 7.43. The highest BCUT2D eigenvalue weighted by molar-refractivity contribution is 6.17. The van der Waals surface area contributed by atoms with E-state index in [0.29, 0.717) is 0 Å². The van der Waals surface area contributed by atoms with Crippen molar-refractivity contribution in [2.75, 3.05) is 5.88 Å². The van der Waals surface area contributed by atoms with Gasteiger partial charge < -0.3 is 5.32 Å². The molecule has 1 atom stereocenters. The van der Waals surface area contributed by atoms with E-state index in [-0.39, 0.29) is 18.8 Å². The topological polar surface area (TPSA) is 12.0 Å². The summed E-state index contributed by atoms with van der Waals surface area (Å²) >= 11 is 5.34. The molecule has 0 aliphatic carbocycles. The van der Waals surface area contributed by atoms with Crippen molar-refractivity contribution in [3.8, 4) is 0 Å². The summed E-state index contributed by atoms with van der Waals surface area (Å²) in [6.07, 6.45) is -4.36. The third-order valence-corrected chi connectivity index (χ3v) is 2.41. The highest BCUT2D eigenvalue weighted by atomic mass is 35.5. The number of alkyl halides is 4. The Labute approximate surface area is 97.6 Å². The van der Waals surface area contributed by atoms with E-state index in [9.17, 15) is 13.2 Å². The molecule has 1 nitrogen and oxygen atoms in total. The Hall–Kier alpha value is -0.740. The van der Waals surface area contributed by atoms with Crippen molar-refractivity contribution >= 4 is 11.6 Å². The lowest BCUT2D eigenvalue weighted by molar-refractivity contribution is -0.156. The molecular formula is C11H13ClF3N. The first-order valence-electron chi connectivity index (χ1n) is 4.94. The van der Waals surface area contributed by atoms with Gasteiger partial charge in [0.25, 0.3) is 0 Å². The zero-order chi connectivity index (χ0) is 12.0. The Bertz CT molecular complexity index is 300. The van der Waals surface area contributed by atoms with Crippen molar-refractivity contribution in [1.82, 2.24) is 5.32 Å². The van der Waals surface area contributed by atoms with Crippen molar-refractivity contribution in [3.05, 3.63) is 35.9 Å². The van der Waals surface area contributed by atoms with Crippen molar-refractivity contribution in [1.29, 1.82) is 0 Å². The average Bonchev–Trinajstić information content (AvgIpc) is 2.24. The van der Waals surface area contributed by atoms with Crippen molar-refractivity contribution in [2.24, 2.45) is 0 Å². The van der Waals surface area contributed by atoms with Crippen LogP contribution in [0.4, 0.5) is 13.2 Å². The van der Waals surface area contributed by atoms with Gasteiger partial charge in [-0.25, -0.2) is 0 Å². The molecule has 0 amide bonds. The fraction of sp³-hybridized carbons (Fsp3) is 0.455. The summed E-state index contributed by atoms with van der Waals surface area (Å²) in [5.74, 6) is -0.00797. The molecule has 1 aromatic carbocycles. The van der Waals surface area contributed by atoms with Crippen LogP contribution in [0.5, 0.6) is 0 Å². The summed E-state index contributed by atoms with van der Waals surface area (Å²) in [4.78, 5) is 0. The molecule has 0 saturated heterocycles. The Morgan fingerprint density at radius 1 is 1.19 bits per heavy atom. The number of nitrogens with one attached hydrogen (secondary N) is 1. The molecule has 0 saturated carbocycles. The average molecular weight is 252 g/mol. The molecular weight excluding hydrogens is 239 g/mol. The zero-order valence-corrected chi connectivity index (χ0v) is 9.35. The van der Waals surface area contributed by atoms with E-state index in [1.54, 1.807) is 24.3 Å². The minimum atomic E-state index is -4.25. The second-order valence-corrected chi connectivity index (χ2v) is 3.82. The van der Waals surface area contributed by atoms with Gasteiger partial charge in [-0.3, -0.25) is 0 Å². The van der Waals surface area contributed by atoms with E-state index in [1.165, 1.54) is 0 Å². The number of hydrogen-bond donors (Lipinski definition) is 1. The number of benzene rings is 1. The third-order valence-electron chi connectivity index (χ3n) is 2.19. The molecule has 1 aromatic rings. The highest BCUT2D eigenvalue weighted by Crippen LogP contribution is 2.23. The van der Waals surface area contributed by atoms with Gasteiger partial charge in [-0.1, -0.05) is 30.3 Å². The first-order valence-corrected chi connectivity index (χ1v) is 5.47. The number of hydrogen-bond acceptors (Lipinski definition) is 1. The van der Waals surface area contributed by atoms with Gasteiger partial charge in [0.1, 0.15) is 6.04 Å². The molecule has 0 fully saturated rings. The van der Waals surface area contributed by atoms with Crippen molar-refractivity contribution in [2.45, 2.75) is 25.2 Å². The van der Waals surface area contributed by atoms with Gasteiger partial charge in [-0.2, -0.15) is 13.2 Å². The minimum absolute atomic E-state index is 0.00797. The first-order chi connectivity index (χ1) is 7.54. The van der Waals surface area contributed by atoms with Crippen LogP contribution in [0.2, 0.25) is 0 Å². The molecule has 0 aliphatic heterocycles. The molecule has 1 unspecified atom stereocenters. The Kier molecular flexibility index (Phi) is 5.09. The molecule has 16 heavy (non-hydrogen) atoms. The summed E-state index contributed by atoms with van der Waals surface area (Å²) in [6.45, 7) is 0.196. The van der Waals surface area contributed by atoms with Crippen LogP contribution in [0.15, 0.2) is 30.3 Å². The summed E-state index contributed by atoms with van der Waals surface area (Å²) in [7, 11) is 0. The standard InChI is InChI=1S/C11H13ClF3N/c12-7-6-10(11(13,14)15)16-8-9-4-2-1-3-5-9/h1-5,10,16H,6-8H2. The smallest absolute Gasteiger partial charge is 0.302 e. The lowest BCUT2D eigenvalue weighted by Gasteiger charge is -2.20. The van der Waals surface area contributed by atoms with E-state index >= 15 is 0 Å². The van der Waals surface area contributed by atoms with Crippen molar-refractivity contribution in [3.63, 3.8) is 0 Å². The monoisotopic (exact) mass is 251 g/mol. The van der Waals surface area contributed by atoms with Crippen LogP contribution < -0.4 is 5.32 Å². The van der Waals surface area contributed by atoms with Gasteiger partial charge in [-0.05, 0) is 12.0 Å². The second-order valence-electron chi connectivity index (χ2n) is 3.44. The Morgan fingerprint density at radius 3 is 2.31 bits per heavy atom. The van der Waals surface area contributed by atoms with Crippen LogP contribution in [0.25, 0.3) is 0 Å². The molecule has 0 aliphatic rings. The fourth-order valence-corrected chi connectivity index (χ4v) is 1.55. The largest absolute Gasteiger partial charge is 0.403 e. The van der Waals surface area contributed by atoms with Crippen LogP contribution in [-0.4, -0.2) is 18.1 Å². The van der Waals surface area contributed by atoms with Gasteiger partial charge in [0, 0.05) is 12.4 Å². The first kappa shape index (κ1) is 13.3. The molecule has 0 spiro atoms. The van der Waals surface area contributed by atoms with Gasteiger partial charge in [-0.15, -0.1) is 11.6 Å². The highest BCUT2D eigenvalue weighted by Gasteiger charge is 2.38. The van der Waals surface area contributed by atoms with Gasteiger partial charge in [0.05, 0.1) is 0 Å². The lowest BCUT2D eigenvalue weighted by Crippen LogP contribution is -2.42. The van der Waals surface area contributed by atoms with E-state index in [1.807, 2.05) is 6.07 Å². The quantitative estimate of drug-likeness (QED) is 0.792. The van der Waals surface area contributed by atoms with Crippen LogP contribution >= 0.6 is 11.6 Å². The molecule has 1 N–H and O–H groups in total. The number of halogens is 4. The maximum absolute atomic E-state index is 12.5. The Morgan fingerprint density at radius 2 is 1.81 bits per heavy atom. The fourth-order valence-electron chi connectivity index (χ4n) is 1.33. The summed E-state index contributed by atoms with van der Waals surface area (Å²) in [5, 5.41) is 2.47. The van der Waals surface area contributed by atoms with Crippen LogP contribution in [0, 0.1) is 0 Å². The van der Waals surface area contributed by atoms with Crippen LogP contribution in [-0.2, 0) is 6.54 Å². The molecule has 0 bridgehead atoms. The van der Waals surface area contributed by atoms with Gasteiger partial charge in [0.2, 0.25) is 0 Å². The van der Waals surface area contributed by atoms with E-state index in [4.69, 9.17) is 11.6 Å². The number of rotatable bonds is 5. The minimum Gasteiger partial charge on any atom is -0.302 e. The molecule has 5 heteroatoms. The van der Waals surface area contributed by atoms with Crippen LogP contribution in [0.3, 0.4) is 0 Å². The second kappa shape index (κ2) is 6.11. The molecule has 1 rings (SSSR count).